The van der Waals surface area contributed by atoms with Crippen molar-refractivity contribution in [2.75, 3.05) is 25.1 Å². The van der Waals surface area contributed by atoms with Gasteiger partial charge in [-0.3, -0.25) is 0 Å². The van der Waals surface area contributed by atoms with Crippen molar-refractivity contribution in [2.24, 2.45) is 5.41 Å². The molecule has 1 heterocycles. The number of benzene rings is 1. The van der Waals surface area contributed by atoms with Crippen LogP contribution in [-0.2, 0) is 4.74 Å². The third kappa shape index (κ3) is 2.99. The molecule has 1 N–H and O–H groups in total. The maximum atomic E-state index is 5.41. The molecule has 1 aromatic carbocycles. The van der Waals surface area contributed by atoms with Crippen LogP contribution in [0.15, 0.2) is 24.3 Å². The first-order valence-electron chi connectivity index (χ1n) is 6.06. The van der Waals surface area contributed by atoms with Crippen LogP contribution in [0.25, 0.3) is 0 Å². The number of aryl methyl sites for hydroxylation is 1. The average molecular weight is 219 g/mol. The maximum Gasteiger partial charge on any atom is 0.0471 e. The summed E-state index contributed by atoms with van der Waals surface area (Å²) in [4.78, 5) is 0. The molecule has 0 amide bonds. The van der Waals surface area contributed by atoms with Crippen molar-refractivity contribution >= 4 is 5.69 Å². The lowest BCUT2D eigenvalue weighted by molar-refractivity contribution is 0.0300. The highest BCUT2D eigenvalue weighted by Crippen LogP contribution is 2.29. The minimum atomic E-state index is 0.391. The third-order valence-electron chi connectivity index (χ3n) is 3.44. The summed E-state index contributed by atoms with van der Waals surface area (Å²) in [7, 11) is 0. The average Bonchev–Trinajstić information content (AvgIpc) is 2.28. The van der Waals surface area contributed by atoms with Crippen LogP contribution in [0.1, 0.15) is 25.3 Å². The number of rotatable bonds is 3. The van der Waals surface area contributed by atoms with Gasteiger partial charge < -0.3 is 10.1 Å². The Morgan fingerprint density at radius 1 is 1.31 bits per heavy atom. The SMILES string of the molecule is Cc1cccc(NCC2(C)CCOCC2)c1. The predicted octanol–water partition coefficient (Wildman–Crippen LogP) is 3.22. The number of nitrogens with one attached hydrogen (secondary N) is 1. The third-order valence-corrected chi connectivity index (χ3v) is 3.44. The Hall–Kier alpha value is -1.02. The molecule has 0 radical (unpaired) electrons. The van der Waals surface area contributed by atoms with Gasteiger partial charge in [-0.25, -0.2) is 0 Å². The molecule has 0 atom stereocenters. The smallest absolute Gasteiger partial charge is 0.0471 e. The Balaban J connectivity index is 1.91. The predicted molar refractivity (Wildman–Crippen MR) is 67.8 cm³/mol. The Morgan fingerprint density at radius 3 is 2.75 bits per heavy atom. The molecule has 1 aromatic rings. The number of anilines is 1. The van der Waals surface area contributed by atoms with Gasteiger partial charge in [-0.2, -0.15) is 0 Å². The fraction of sp³-hybridized carbons (Fsp3) is 0.571. The quantitative estimate of drug-likeness (QED) is 0.842. The van der Waals surface area contributed by atoms with E-state index >= 15 is 0 Å². The molecular weight excluding hydrogens is 198 g/mol. The molecule has 1 aliphatic heterocycles. The van der Waals surface area contributed by atoms with Gasteiger partial charge in [-0.05, 0) is 42.9 Å². The van der Waals surface area contributed by atoms with E-state index in [-0.39, 0.29) is 0 Å². The lowest BCUT2D eigenvalue weighted by Crippen LogP contribution is -2.33. The van der Waals surface area contributed by atoms with Crippen LogP contribution in [0.3, 0.4) is 0 Å². The highest BCUT2D eigenvalue weighted by molar-refractivity contribution is 5.45. The molecular formula is C14H21NO. The van der Waals surface area contributed by atoms with Gasteiger partial charge in [0.05, 0.1) is 0 Å². The van der Waals surface area contributed by atoms with Gasteiger partial charge in [0, 0.05) is 25.4 Å². The maximum absolute atomic E-state index is 5.41. The summed E-state index contributed by atoms with van der Waals surface area (Å²) in [6.07, 6.45) is 2.32. The lowest BCUT2D eigenvalue weighted by atomic mass is 9.82. The summed E-state index contributed by atoms with van der Waals surface area (Å²) in [5, 5.41) is 3.54. The van der Waals surface area contributed by atoms with Crippen LogP contribution in [0.2, 0.25) is 0 Å². The molecule has 0 bridgehead atoms. The Morgan fingerprint density at radius 2 is 2.06 bits per heavy atom. The first-order valence-corrected chi connectivity index (χ1v) is 6.06. The van der Waals surface area contributed by atoms with E-state index < -0.39 is 0 Å². The summed E-state index contributed by atoms with van der Waals surface area (Å²) in [6.45, 7) is 7.33. The standard InChI is InChI=1S/C14H21NO/c1-12-4-3-5-13(10-12)15-11-14(2)6-8-16-9-7-14/h3-5,10,15H,6-9,11H2,1-2H3. The van der Waals surface area contributed by atoms with E-state index in [4.69, 9.17) is 4.74 Å². The minimum Gasteiger partial charge on any atom is -0.384 e. The Labute approximate surface area is 98.0 Å². The molecule has 0 unspecified atom stereocenters. The first-order chi connectivity index (χ1) is 7.68. The highest BCUT2D eigenvalue weighted by atomic mass is 16.5. The number of ether oxygens (including phenoxy) is 1. The Kier molecular flexibility index (Phi) is 3.49. The number of hydrogen-bond donors (Lipinski definition) is 1. The molecule has 0 spiro atoms. The molecule has 88 valence electrons. The summed E-state index contributed by atoms with van der Waals surface area (Å²) < 4.78 is 5.41. The van der Waals surface area contributed by atoms with Gasteiger partial charge in [0.25, 0.3) is 0 Å². The molecule has 0 saturated carbocycles. The highest BCUT2D eigenvalue weighted by Gasteiger charge is 2.26. The van der Waals surface area contributed by atoms with Gasteiger partial charge in [0.15, 0.2) is 0 Å². The second-order valence-electron chi connectivity index (χ2n) is 5.15. The van der Waals surface area contributed by atoms with Crippen molar-refractivity contribution in [1.82, 2.24) is 0 Å². The largest absolute Gasteiger partial charge is 0.384 e. The van der Waals surface area contributed by atoms with E-state index in [0.717, 1.165) is 32.6 Å². The molecule has 16 heavy (non-hydrogen) atoms. The van der Waals surface area contributed by atoms with E-state index in [1.54, 1.807) is 0 Å². The molecule has 0 aliphatic carbocycles. The fourth-order valence-corrected chi connectivity index (χ4v) is 2.11. The lowest BCUT2D eigenvalue weighted by Gasteiger charge is -2.34. The van der Waals surface area contributed by atoms with Crippen LogP contribution < -0.4 is 5.32 Å². The van der Waals surface area contributed by atoms with Crippen molar-refractivity contribution in [1.29, 1.82) is 0 Å². The van der Waals surface area contributed by atoms with E-state index in [9.17, 15) is 0 Å². The van der Waals surface area contributed by atoms with Gasteiger partial charge in [-0.15, -0.1) is 0 Å². The van der Waals surface area contributed by atoms with Crippen LogP contribution in [0.4, 0.5) is 5.69 Å². The molecule has 2 nitrogen and oxygen atoms in total. The van der Waals surface area contributed by atoms with Crippen LogP contribution >= 0.6 is 0 Å². The van der Waals surface area contributed by atoms with E-state index in [0.29, 0.717) is 5.41 Å². The van der Waals surface area contributed by atoms with Crippen molar-refractivity contribution in [2.45, 2.75) is 26.7 Å². The topological polar surface area (TPSA) is 21.3 Å². The normalized spacial score (nSPS) is 19.4. The second kappa shape index (κ2) is 4.88. The summed E-state index contributed by atoms with van der Waals surface area (Å²) in [6, 6.07) is 8.56. The van der Waals surface area contributed by atoms with Gasteiger partial charge in [0.1, 0.15) is 0 Å². The minimum absolute atomic E-state index is 0.391. The van der Waals surface area contributed by atoms with E-state index in [2.05, 4.69) is 43.4 Å². The molecule has 2 rings (SSSR count). The zero-order valence-corrected chi connectivity index (χ0v) is 10.3. The zero-order valence-electron chi connectivity index (χ0n) is 10.3. The van der Waals surface area contributed by atoms with Crippen LogP contribution in [0, 0.1) is 12.3 Å². The van der Waals surface area contributed by atoms with Gasteiger partial charge in [-0.1, -0.05) is 19.1 Å². The zero-order chi connectivity index (χ0) is 11.4. The molecule has 0 aromatic heterocycles. The first kappa shape index (κ1) is 11.5. The molecule has 1 aliphatic rings. The van der Waals surface area contributed by atoms with Crippen molar-refractivity contribution in [3.63, 3.8) is 0 Å². The van der Waals surface area contributed by atoms with Crippen molar-refractivity contribution < 1.29 is 4.74 Å². The number of hydrogen-bond acceptors (Lipinski definition) is 2. The van der Waals surface area contributed by atoms with Gasteiger partial charge in [0.2, 0.25) is 0 Å². The second-order valence-corrected chi connectivity index (χ2v) is 5.15. The van der Waals surface area contributed by atoms with E-state index in [1.807, 2.05) is 0 Å². The summed E-state index contributed by atoms with van der Waals surface area (Å²) in [5.41, 5.74) is 2.93. The van der Waals surface area contributed by atoms with Crippen molar-refractivity contribution in [3.8, 4) is 0 Å². The Bertz CT molecular complexity index is 342. The summed E-state index contributed by atoms with van der Waals surface area (Å²) >= 11 is 0. The molecule has 1 saturated heterocycles. The van der Waals surface area contributed by atoms with Crippen molar-refractivity contribution in [3.05, 3.63) is 29.8 Å². The summed E-state index contributed by atoms with van der Waals surface area (Å²) in [5.74, 6) is 0. The van der Waals surface area contributed by atoms with E-state index in [1.165, 1.54) is 11.3 Å². The fourth-order valence-electron chi connectivity index (χ4n) is 2.11. The molecule has 2 heteroatoms. The molecule has 1 fully saturated rings. The van der Waals surface area contributed by atoms with Crippen LogP contribution in [-0.4, -0.2) is 19.8 Å². The monoisotopic (exact) mass is 219 g/mol. The van der Waals surface area contributed by atoms with Crippen LogP contribution in [0.5, 0.6) is 0 Å². The van der Waals surface area contributed by atoms with Gasteiger partial charge >= 0.3 is 0 Å².